The number of nitrogens with one attached hydrogen (secondary N) is 1. The smallest absolute Gasteiger partial charge is 0.246 e. The molecule has 0 spiro atoms. The molecular formula is C10H18N4O3S. The minimum atomic E-state index is -3.42. The van der Waals surface area contributed by atoms with Crippen LogP contribution in [0.3, 0.4) is 0 Å². The maximum atomic E-state index is 12.3. The molecule has 0 amide bonds. The zero-order valence-corrected chi connectivity index (χ0v) is 11.2. The first kappa shape index (κ1) is 13.5. The van der Waals surface area contributed by atoms with Crippen molar-refractivity contribution in [1.29, 1.82) is 0 Å². The van der Waals surface area contributed by atoms with Gasteiger partial charge in [-0.15, -0.1) is 0 Å². The highest BCUT2D eigenvalue weighted by Gasteiger charge is 2.27. The highest BCUT2D eigenvalue weighted by atomic mass is 32.2. The van der Waals surface area contributed by atoms with Gasteiger partial charge < -0.3 is 10.1 Å². The van der Waals surface area contributed by atoms with Crippen molar-refractivity contribution >= 4 is 10.0 Å². The van der Waals surface area contributed by atoms with Crippen LogP contribution in [0.2, 0.25) is 0 Å². The van der Waals surface area contributed by atoms with Gasteiger partial charge in [0.25, 0.3) is 0 Å². The van der Waals surface area contributed by atoms with Gasteiger partial charge in [-0.1, -0.05) is 0 Å². The van der Waals surface area contributed by atoms with Crippen LogP contribution in [0.4, 0.5) is 0 Å². The number of sulfonamides is 1. The molecule has 0 aromatic carbocycles. The summed E-state index contributed by atoms with van der Waals surface area (Å²) in [7, 11) is -1.57. The van der Waals surface area contributed by atoms with E-state index < -0.39 is 10.0 Å². The van der Waals surface area contributed by atoms with Gasteiger partial charge in [-0.25, -0.2) is 8.42 Å². The quantitative estimate of drug-likeness (QED) is 0.755. The molecule has 7 nitrogen and oxygen atoms in total. The number of morpholine rings is 1. The van der Waals surface area contributed by atoms with Gasteiger partial charge in [-0.3, -0.25) is 4.68 Å². The normalized spacial score (nSPS) is 18.1. The summed E-state index contributed by atoms with van der Waals surface area (Å²) in [6, 6.07) is 0. The van der Waals surface area contributed by atoms with Crippen LogP contribution in [0.5, 0.6) is 0 Å². The molecule has 2 rings (SSSR count). The number of hydrogen-bond acceptors (Lipinski definition) is 5. The van der Waals surface area contributed by atoms with E-state index in [0.29, 0.717) is 32.8 Å². The monoisotopic (exact) mass is 274 g/mol. The lowest BCUT2D eigenvalue weighted by Gasteiger charge is -2.25. The Balaban J connectivity index is 2.11. The molecule has 0 bridgehead atoms. The zero-order valence-electron chi connectivity index (χ0n) is 10.4. The molecule has 1 aliphatic rings. The lowest BCUT2D eigenvalue weighted by molar-refractivity contribution is 0.0730. The van der Waals surface area contributed by atoms with Crippen molar-refractivity contribution in [1.82, 2.24) is 19.4 Å². The Bertz CT molecular complexity index is 479. The Labute approximate surface area is 107 Å². The van der Waals surface area contributed by atoms with E-state index >= 15 is 0 Å². The average Bonchev–Trinajstić information content (AvgIpc) is 2.87. The molecule has 18 heavy (non-hydrogen) atoms. The molecule has 0 atom stereocenters. The van der Waals surface area contributed by atoms with E-state index in [0.717, 1.165) is 6.54 Å². The van der Waals surface area contributed by atoms with Gasteiger partial charge in [-0.05, 0) is 7.05 Å². The van der Waals surface area contributed by atoms with Crippen LogP contribution in [0.25, 0.3) is 0 Å². The largest absolute Gasteiger partial charge is 0.379 e. The van der Waals surface area contributed by atoms with Gasteiger partial charge in [0.15, 0.2) is 0 Å². The second kappa shape index (κ2) is 5.79. The minimum absolute atomic E-state index is 0.250. The van der Waals surface area contributed by atoms with E-state index in [4.69, 9.17) is 4.74 Å². The first-order valence-corrected chi connectivity index (χ1v) is 7.33. The third-order valence-electron chi connectivity index (χ3n) is 2.81. The lowest BCUT2D eigenvalue weighted by atomic mass is 10.5. The SMILES string of the molecule is CNCCn1cc(S(=O)(=O)N2CCOCC2)cn1. The second-order valence-electron chi connectivity index (χ2n) is 4.06. The summed E-state index contributed by atoms with van der Waals surface area (Å²) in [5.41, 5.74) is 0. The Morgan fingerprint density at radius 2 is 2.17 bits per heavy atom. The number of likely N-dealkylation sites (N-methyl/N-ethyl adjacent to an activating group) is 1. The number of rotatable bonds is 5. The highest BCUT2D eigenvalue weighted by molar-refractivity contribution is 7.89. The molecular weight excluding hydrogens is 256 g/mol. The molecule has 1 aromatic rings. The van der Waals surface area contributed by atoms with Crippen molar-refractivity contribution in [2.75, 3.05) is 39.9 Å². The predicted molar refractivity (Wildman–Crippen MR) is 65.7 cm³/mol. The Kier molecular flexibility index (Phi) is 4.33. The van der Waals surface area contributed by atoms with Crippen LogP contribution >= 0.6 is 0 Å². The molecule has 1 aromatic heterocycles. The minimum Gasteiger partial charge on any atom is -0.379 e. The molecule has 1 saturated heterocycles. The van der Waals surface area contributed by atoms with Crippen LogP contribution in [-0.4, -0.2) is 62.4 Å². The summed E-state index contributed by atoms with van der Waals surface area (Å²) in [6.45, 7) is 3.11. The summed E-state index contributed by atoms with van der Waals surface area (Å²) in [5.74, 6) is 0. The number of ether oxygens (including phenoxy) is 1. The van der Waals surface area contributed by atoms with E-state index in [1.807, 2.05) is 7.05 Å². The van der Waals surface area contributed by atoms with Crippen LogP contribution < -0.4 is 5.32 Å². The van der Waals surface area contributed by atoms with Gasteiger partial charge >= 0.3 is 0 Å². The molecule has 1 N–H and O–H groups in total. The average molecular weight is 274 g/mol. The van der Waals surface area contributed by atoms with Gasteiger partial charge in [0.1, 0.15) is 4.90 Å². The topological polar surface area (TPSA) is 76.5 Å². The molecule has 0 saturated carbocycles. The van der Waals surface area contributed by atoms with Gasteiger partial charge in [0, 0.05) is 25.8 Å². The Morgan fingerprint density at radius 1 is 1.44 bits per heavy atom. The van der Waals surface area contributed by atoms with Crippen LogP contribution in [0, 0.1) is 0 Å². The van der Waals surface area contributed by atoms with Crippen LogP contribution in [-0.2, 0) is 21.3 Å². The summed E-state index contributed by atoms with van der Waals surface area (Å²) in [5, 5.41) is 7.04. The first-order chi connectivity index (χ1) is 8.64. The van der Waals surface area contributed by atoms with Crippen molar-refractivity contribution in [3.63, 3.8) is 0 Å². The van der Waals surface area contributed by atoms with E-state index in [1.54, 1.807) is 10.9 Å². The summed E-state index contributed by atoms with van der Waals surface area (Å²) in [4.78, 5) is 0.250. The third kappa shape index (κ3) is 2.89. The van der Waals surface area contributed by atoms with Crippen molar-refractivity contribution < 1.29 is 13.2 Å². The van der Waals surface area contributed by atoms with Gasteiger partial charge in [0.05, 0.1) is 26.0 Å². The molecule has 1 fully saturated rings. The number of nitrogens with zero attached hydrogens (tertiary/aromatic N) is 3. The first-order valence-electron chi connectivity index (χ1n) is 5.89. The van der Waals surface area contributed by atoms with Crippen molar-refractivity contribution in [2.45, 2.75) is 11.4 Å². The highest BCUT2D eigenvalue weighted by Crippen LogP contribution is 2.15. The van der Waals surface area contributed by atoms with E-state index in [-0.39, 0.29) is 4.90 Å². The van der Waals surface area contributed by atoms with E-state index in [2.05, 4.69) is 10.4 Å². The molecule has 2 heterocycles. The van der Waals surface area contributed by atoms with Crippen molar-refractivity contribution in [2.24, 2.45) is 0 Å². The lowest BCUT2D eigenvalue weighted by Crippen LogP contribution is -2.40. The molecule has 1 aliphatic heterocycles. The van der Waals surface area contributed by atoms with E-state index in [9.17, 15) is 8.42 Å². The molecule has 0 aliphatic carbocycles. The van der Waals surface area contributed by atoms with Crippen LogP contribution in [0.15, 0.2) is 17.3 Å². The molecule has 8 heteroatoms. The summed E-state index contributed by atoms with van der Waals surface area (Å²) < 4.78 is 32.8. The maximum Gasteiger partial charge on any atom is 0.246 e. The van der Waals surface area contributed by atoms with Crippen molar-refractivity contribution in [3.05, 3.63) is 12.4 Å². The van der Waals surface area contributed by atoms with Crippen LogP contribution in [0.1, 0.15) is 0 Å². The second-order valence-corrected chi connectivity index (χ2v) is 6.00. The fourth-order valence-corrected chi connectivity index (χ4v) is 3.13. The zero-order chi connectivity index (χ0) is 13.0. The Morgan fingerprint density at radius 3 is 2.83 bits per heavy atom. The van der Waals surface area contributed by atoms with E-state index in [1.165, 1.54) is 10.5 Å². The van der Waals surface area contributed by atoms with Gasteiger partial charge in [0.2, 0.25) is 10.0 Å². The fraction of sp³-hybridized carbons (Fsp3) is 0.700. The molecule has 102 valence electrons. The van der Waals surface area contributed by atoms with Crippen molar-refractivity contribution in [3.8, 4) is 0 Å². The molecule has 0 unspecified atom stereocenters. The Hall–Kier alpha value is -0.960. The third-order valence-corrected chi connectivity index (χ3v) is 4.66. The number of hydrogen-bond donors (Lipinski definition) is 1. The predicted octanol–water partition coefficient (Wildman–Crippen LogP) is -0.877. The maximum absolute atomic E-state index is 12.3. The summed E-state index contributed by atoms with van der Waals surface area (Å²) >= 11 is 0. The van der Waals surface area contributed by atoms with Gasteiger partial charge in [-0.2, -0.15) is 9.40 Å². The fourth-order valence-electron chi connectivity index (χ4n) is 1.76. The summed E-state index contributed by atoms with van der Waals surface area (Å²) in [6.07, 6.45) is 2.97. The molecule has 0 radical (unpaired) electrons. The number of aromatic nitrogens is 2. The standard InChI is InChI=1S/C10H18N4O3S/c1-11-2-3-13-9-10(8-12-13)18(15,16)14-4-6-17-7-5-14/h8-9,11H,2-7H2,1H3.